The first kappa shape index (κ1) is 22.6. The van der Waals surface area contributed by atoms with Gasteiger partial charge in [-0.05, 0) is 38.7 Å². The number of hydrogen-bond acceptors (Lipinski definition) is 7. The quantitative estimate of drug-likeness (QED) is 0.672. The van der Waals surface area contributed by atoms with Crippen molar-refractivity contribution in [3.05, 3.63) is 48.6 Å². The number of carbonyl (C=O) groups excluding carboxylic acids is 1. The number of pyridine rings is 1. The van der Waals surface area contributed by atoms with Crippen LogP contribution in [0, 0.1) is 11.3 Å². The highest BCUT2D eigenvalue weighted by molar-refractivity contribution is 5.87. The fraction of sp³-hybridized carbons (Fsp3) is 0.520. The zero-order valence-corrected chi connectivity index (χ0v) is 19.8. The molecule has 0 aromatic carbocycles. The molecule has 8 nitrogen and oxygen atoms in total. The van der Waals surface area contributed by atoms with Crippen LogP contribution in [0.1, 0.15) is 32.3 Å². The number of ether oxygens (including phenoxy) is 1. The smallest absolute Gasteiger partial charge is 0.229 e. The summed E-state index contributed by atoms with van der Waals surface area (Å²) in [6.45, 7) is 10.3. The SMILES string of the molecule is C=C1[C@H](Cc2ccc(OCC(C)(C)F)nc2)CCN1c1cnc(N2CC3(CCNC3=O)C2)nc1. The summed E-state index contributed by atoms with van der Waals surface area (Å²) in [4.78, 5) is 29.7. The number of hydrogen-bond donors (Lipinski definition) is 1. The Kier molecular flexibility index (Phi) is 5.65. The molecule has 2 aromatic rings. The molecule has 5 heterocycles. The molecule has 5 rings (SSSR count). The summed E-state index contributed by atoms with van der Waals surface area (Å²) in [7, 11) is 0. The van der Waals surface area contributed by atoms with Crippen LogP contribution >= 0.6 is 0 Å². The lowest BCUT2D eigenvalue weighted by Crippen LogP contribution is -2.60. The molecule has 1 amide bonds. The van der Waals surface area contributed by atoms with E-state index in [1.165, 1.54) is 13.8 Å². The molecule has 180 valence electrons. The van der Waals surface area contributed by atoms with Gasteiger partial charge in [-0.25, -0.2) is 19.3 Å². The van der Waals surface area contributed by atoms with Crippen molar-refractivity contribution < 1.29 is 13.9 Å². The number of aromatic nitrogens is 3. The van der Waals surface area contributed by atoms with Gasteiger partial charge in [-0.1, -0.05) is 12.6 Å². The second-order valence-electron chi connectivity index (χ2n) is 10.2. The number of anilines is 2. The molecule has 0 unspecified atom stereocenters. The van der Waals surface area contributed by atoms with Crippen molar-refractivity contribution in [2.45, 2.75) is 38.8 Å². The molecule has 3 aliphatic heterocycles. The second kappa shape index (κ2) is 8.52. The topological polar surface area (TPSA) is 83.5 Å². The van der Waals surface area contributed by atoms with Crippen molar-refractivity contribution in [2.24, 2.45) is 11.3 Å². The minimum Gasteiger partial charge on any atom is -0.474 e. The zero-order valence-electron chi connectivity index (χ0n) is 19.8. The van der Waals surface area contributed by atoms with Crippen LogP contribution in [-0.4, -0.2) is 59.3 Å². The van der Waals surface area contributed by atoms with Crippen LogP contribution in [0.4, 0.5) is 16.0 Å². The third-order valence-corrected chi connectivity index (χ3v) is 6.94. The van der Waals surface area contributed by atoms with Gasteiger partial charge in [0.2, 0.25) is 17.7 Å². The van der Waals surface area contributed by atoms with E-state index < -0.39 is 5.67 Å². The van der Waals surface area contributed by atoms with Gasteiger partial charge in [-0.3, -0.25) is 4.79 Å². The molecule has 34 heavy (non-hydrogen) atoms. The van der Waals surface area contributed by atoms with Crippen molar-refractivity contribution in [3.8, 4) is 5.88 Å². The largest absolute Gasteiger partial charge is 0.474 e. The Bertz CT molecular complexity index is 1060. The molecule has 0 bridgehead atoms. The van der Waals surface area contributed by atoms with Crippen LogP contribution in [-0.2, 0) is 11.2 Å². The third kappa shape index (κ3) is 4.43. The molecular weight excluding hydrogens is 435 g/mol. The molecule has 1 atom stereocenters. The Hall–Kier alpha value is -3.23. The first-order chi connectivity index (χ1) is 16.2. The van der Waals surface area contributed by atoms with E-state index in [9.17, 15) is 9.18 Å². The van der Waals surface area contributed by atoms with E-state index in [0.29, 0.717) is 30.8 Å². The van der Waals surface area contributed by atoms with Crippen LogP contribution in [0.2, 0.25) is 0 Å². The summed E-state index contributed by atoms with van der Waals surface area (Å²) in [5, 5.41) is 2.92. The van der Waals surface area contributed by atoms with E-state index in [2.05, 4.69) is 36.6 Å². The molecule has 3 saturated heterocycles. The van der Waals surface area contributed by atoms with Crippen LogP contribution in [0.15, 0.2) is 43.0 Å². The van der Waals surface area contributed by atoms with E-state index in [1.807, 2.05) is 18.5 Å². The molecule has 0 saturated carbocycles. The first-order valence-corrected chi connectivity index (χ1v) is 11.8. The van der Waals surface area contributed by atoms with Crippen molar-refractivity contribution >= 4 is 17.5 Å². The molecular formula is C25H31FN6O2. The number of amides is 1. The molecule has 0 radical (unpaired) electrons. The standard InChI is InChI=1S/C25H31FN6O2/c1-17-19(10-18-4-5-21(28-11-18)34-16-24(2,3)26)6-9-32(17)20-12-29-23(30-13-20)31-14-25(15-31)7-8-27-22(25)33/h4-5,11-13,19H,1,6-10,14-16H2,2-3H3,(H,27,33)/t19-/m0/s1. The molecule has 3 aliphatic rings. The highest BCUT2D eigenvalue weighted by Crippen LogP contribution is 2.39. The third-order valence-electron chi connectivity index (χ3n) is 6.94. The number of halogens is 1. The average Bonchev–Trinajstić information content (AvgIpc) is 3.34. The van der Waals surface area contributed by atoms with Gasteiger partial charge >= 0.3 is 0 Å². The minimum atomic E-state index is -1.39. The van der Waals surface area contributed by atoms with Gasteiger partial charge in [0.05, 0.1) is 23.5 Å². The van der Waals surface area contributed by atoms with Crippen LogP contribution in [0.3, 0.4) is 0 Å². The maximum Gasteiger partial charge on any atom is 0.229 e. The van der Waals surface area contributed by atoms with Crippen LogP contribution < -0.4 is 19.9 Å². The number of carbonyl (C=O) groups is 1. The monoisotopic (exact) mass is 466 g/mol. The van der Waals surface area contributed by atoms with E-state index >= 15 is 0 Å². The molecule has 1 spiro atoms. The molecule has 9 heteroatoms. The summed E-state index contributed by atoms with van der Waals surface area (Å²) in [6.07, 6.45) is 8.17. The second-order valence-corrected chi connectivity index (χ2v) is 10.2. The number of allylic oxidation sites excluding steroid dienone is 1. The predicted molar refractivity (Wildman–Crippen MR) is 128 cm³/mol. The Morgan fingerprint density at radius 3 is 2.62 bits per heavy atom. The van der Waals surface area contributed by atoms with E-state index in [1.54, 1.807) is 12.3 Å². The van der Waals surface area contributed by atoms with Crippen molar-refractivity contribution in [2.75, 3.05) is 42.6 Å². The van der Waals surface area contributed by atoms with Gasteiger partial charge in [0, 0.05) is 50.1 Å². The Morgan fingerprint density at radius 2 is 2.00 bits per heavy atom. The Morgan fingerprint density at radius 1 is 1.24 bits per heavy atom. The fourth-order valence-corrected chi connectivity index (χ4v) is 4.94. The normalized spacial score (nSPS) is 21.7. The lowest BCUT2D eigenvalue weighted by Gasteiger charge is -2.45. The van der Waals surface area contributed by atoms with Crippen LogP contribution in [0.5, 0.6) is 5.88 Å². The van der Waals surface area contributed by atoms with Gasteiger partial charge < -0.3 is 19.9 Å². The summed E-state index contributed by atoms with van der Waals surface area (Å²) in [5.41, 5.74) is 1.43. The maximum atomic E-state index is 13.6. The van der Waals surface area contributed by atoms with Gasteiger partial charge in [-0.2, -0.15) is 0 Å². The lowest BCUT2D eigenvalue weighted by atomic mass is 9.78. The highest BCUT2D eigenvalue weighted by atomic mass is 19.1. The molecule has 1 N–H and O–H groups in total. The van der Waals surface area contributed by atoms with Crippen molar-refractivity contribution in [3.63, 3.8) is 0 Å². The maximum absolute atomic E-state index is 13.6. The first-order valence-electron chi connectivity index (χ1n) is 11.8. The summed E-state index contributed by atoms with van der Waals surface area (Å²) >= 11 is 0. The van der Waals surface area contributed by atoms with E-state index in [4.69, 9.17) is 4.74 Å². The summed E-state index contributed by atoms with van der Waals surface area (Å²) < 4.78 is 19.0. The van der Waals surface area contributed by atoms with E-state index in [-0.39, 0.29) is 17.9 Å². The minimum absolute atomic E-state index is 0.0252. The predicted octanol–water partition coefficient (Wildman–Crippen LogP) is 2.91. The Labute approximate surface area is 199 Å². The van der Waals surface area contributed by atoms with Gasteiger partial charge in [0.1, 0.15) is 12.3 Å². The van der Waals surface area contributed by atoms with E-state index in [0.717, 1.165) is 49.3 Å². The molecule has 0 aliphatic carbocycles. The summed E-state index contributed by atoms with van der Waals surface area (Å²) in [6, 6.07) is 3.77. The number of rotatable bonds is 7. The zero-order chi connectivity index (χ0) is 23.9. The van der Waals surface area contributed by atoms with Crippen molar-refractivity contribution in [1.29, 1.82) is 0 Å². The highest BCUT2D eigenvalue weighted by Gasteiger charge is 2.52. The molecule has 2 aromatic heterocycles. The van der Waals surface area contributed by atoms with Gasteiger partial charge in [0.15, 0.2) is 0 Å². The van der Waals surface area contributed by atoms with Gasteiger partial charge in [0.25, 0.3) is 0 Å². The van der Waals surface area contributed by atoms with Gasteiger partial charge in [-0.15, -0.1) is 0 Å². The number of nitrogens with zero attached hydrogens (tertiary/aromatic N) is 5. The summed E-state index contributed by atoms with van der Waals surface area (Å²) in [5.74, 6) is 1.55. The van der Waals surface area contributed by atoms with Crippen LogP contribution in [0.25, 0.3) is 0 Å². The average molecular weight is 467 g/mol. The lowest BCUT2D eigenvalue weighted by molar-refractivity contribution is -0.128. The Balaban J connectivity index is 1.15. The number of nitrogens with one attached hydrogen (secondary N) is 1. The van der Waals surface area contributed by atoms with Crippen molar-refractivity contribution in [1.82, 2.24) is 20.3 Å². The molecule has 3 fully saturated rings. The fourth-order valence-electron chi connectivity index (χ4n) is 4.94. The number of alkyl halides is 1.